The fraction of sp³-hybridized carbons (Fsp3) is 0.300. The lowest BCUT2D eigenvalue weighted by molar-refractivity contribution is -0.268. The van der Waals surface area contributed by atoms with Crippen LogP contribution in [0.3, 0.4) is 0 Å². The number of methoxy groups -OCH3 is 1. The summed E-state index contributed by atoms with van der Waals surface area (Å²) in [5.74, 6) is 1.56. The van der Waals surface area contributed by atoms with Gasteiger partial charge < -0.3 is 24.1 Å². The first-order chi connectivity index (χ1) is 18.5. The minimum absolute atomic E-state index is 0.0136. The molecule has 1 aliphatic rings. The molecule has 0 spiro atoms. The molecule has 1 aliphatic heterocycles. The van der Waals surface area contributed by atoms with E-state index >= 15 is 0 Å². The molecule has 0 bridgehead atoms. The van der Waals surface area contributed by atoms with Crippen LogP contribution in [0, 0.1) is 5.92 Å². The molecule has 4 rings (SSSR count). The van der Waals surface area contributed by atoms with Crippen molar-refractivity contribution in [2.75, 3.05) is 24.8 Å². The number of ether oxygens (including phenoxy) is 4. The maximum atomic E-state index is 12.0. The number of nitrogens with one attached hydrogen (secondary N) is 1. The van der Waals surface area contributed by atoms with E-state index in [1.807, 2.05) is 66.7 Å². The average Bonchev–Trinajstić information content (AvgIpc) is 2.96. The van der Waals surface area contributed by atoms with Crippen molar-refractivity contribution >= 4 is 23.5 Å². The van der Waals surface area contributed by atoms with Crippen molar-refractivity contribution < 1.29 is 28.8 Å². The van der Waals surface area contributed by atoms with Crippen LogP contribution in [0.4, 0.5) is 10.5 Å². The fourth-order valence-corrected chi connectivity index (χ4v) is 5.47. The smallest absolute Gasteiger partial charge is 0.411 e. The maximum absolute atomic E-state index is 12.0. The van der Waals surface area contributed by atoms with Crippen molar-refractivity contribution in [3.05, 3.63) is 102 Å². The van der Waals surface area contributed by atoms with Gasteiger partial charge in [0.25, 0.3) is 0 Å². The third-order valence-electron chi connectivity index (χ3n) is 6.33. The Kier molecular flexibility index (Phi) is 9.84. The summed E-state index contributed by atoms with van der Waals surface area (Å²) >= 11 is 1.68. The molecular weight excluding hydrogens is 502 g/mol. The second-order valence-corrected chi connectivity index (χ2v) is 9.98. The lowest BCUT2D eigenvalue weighted by Crippen LogP contribution is -2.38. The predicted octanol–water partition coefficient (Wildman–Crippen LogP) is 6.51. The Morgan fingerprint density at radius 1 is 1.08 bits per heavy atom. The summed E-state index contributed by atoms with van der Waals surface area (Å²) in [4.78, 5) is 13.1. The number of hydrogen-bond donors (Lipinski definition) is 2. The Bertz CT molecular complexity index is 1220. The van der Waals surface area contributed by atoms with Crippen LogP contribution in [-0.2, 0) is 20.8 Å². The van der Waals surface area contributed by atoms with E-state index in [2.05, 4.69) is 18.8 Å². The first kappa shape index (κ1) is 27.7. The van der Waals surface area contributed by atoms with E-state index in [0.29, 0.717) is 11.4 Å². The molecule has 0 aliphatic carbocycles. The van der Waals surface area contributed by atoms with Gasteiger partial charge in [-0.05, 0) is 35.4 Å². The molecule has 1 fully saturated rings. The number of hydrogen-bond acceptors (Lipinski definition) is 7. The van der Waals surface area contributed by atoms with Gasteiger partial charge in [0.1, 0.15) is 12.4 Å². The second-order valence-electron chi connectivity index (χ2n) is 8.92. The van der Waals surface area contributed by atoms with Gasteiger partial charge >= 0.3 is 6.09 Å². The van der Waals surface area contributed by atoms with E-state index < -0.39 is 12.4 Å². The average molecular weight is 536 g/mol. The standard InChI is InChI=1S/C30H33NO6S/c1-4-16-35-30(33)31-24-9-7-8-23(17-24)29-36-26(19-38-27-11-6-5-10-25(27)34-3)20(2)28(37-29)22-14-12-21(18-32)13-15-22/h4-15,17,20,26,28-29,32H,1,16,18-19H2,2-3H3,(H,31,33)/t20-,26+,28+,29+/m1/s1. The quantitative estimate of drug-likeness (QED) is 0.226. The van der Waals surface area contributed by atoms with Crippen LogP contribution in [0.2, 0.25) is 0 Å². The Balaban J connectivity index is 1.58. The van der Waals surface area contributed by atoms with Crippen LogP contribution in [0.25, 0.3) is 0 Å². The van der Waals surface area contributed by atoms with Gasteiger partial charge in [-0.15, -0.1) is 11.8 Å². The predicted molar refractivity (Wildman–Crippen MR) is 148 cm³/mol. The van der Waals surface area contributed by atoms with E-state index in [1.54, 1.807) is 24.9 Å². The summed E-state index contributed by atoms with van der Waals surface area (Å²) in [6, 6.07) is 23.1. The van der Waals surface area contributed by atoms with Gasteiger partial charge in [0.05, 0.1) is 25.9 Å². The Morgan fingerprint density at radius 3 is 2.61 bits per heavy atom. The lowest BCUT2D eigenvalue weighted by atomic mass is 9.91. The van der Waals surface area contributed by atoms with Gasteiger partial charge in [-0.2, -0.15) is 0 Å². The monoisotopic (exact) mass is 535 g/mol. The number of carbonyl (C=O) groups excluding carboxylic acids is 1. The third kappa shape index (κ3) is 6.96. The molecule has 1 saturated heterocycles. The highest BCUT2D eigenvalue weighted by Gasteiger charge is 2.38. The van der Waals surface area contributed by atoms with Crippen LogP contribution in [0.1, 0.15) is 36.0 Å². The summed E-state index contributed by atoms with van der Waals surface area (Å²) in [5.41, 5.74) is 3.21. The zero-order valence-corrected chi connectivity index (χ0v) is 22.4. The Labute approximate surface area is 227 Å². The Morgan fingerprint density at radius 2 is 1.87 bits per heavy atom. The van der Waals surface area contributed by atoms with Gasteiger partial charge in [0, 0.05) is 27.8 Å². The van der Waals surface area contributed by atoms with Crippen molar-refractivity contribution in [2.24, 2.45) is 5.92 Å². The van der Waals surface area contributed by atoms with Crippen LogP contribution in [0.5, 0.6) is 5.75 Å². The molecule has 0 aromatic heterocycles. The normalized spacial score (nSPS) is 20.9. The van der Waals surface area contributed by atoms with E-state index in [1.165, 1.54) is 6.08 Å². The number of carbonyl (C=O) groups is 1. The summed E-state index contributed by atoms with van der Waals surface area (Å²) in [6.45, 7) is 5.79. The van der Waals surface area contributed by atoms with Gasteiger partial charge in [-0.25, -0.2) is 4.79 Å². The first-order valence-electron chi connectivity index (χ1n) is 12.4. The van der Waals surface area contributed by atoms with Gasteiger partial charge in [-0.1, -0.05) is 68.1 Å². The van der Waals surface area contributed by atoms with Gasteiger partial charge in [-0.3, -0.25) is 5.32 Å². The molecular formula is C30H33NO6S. The van der Waals surface area contributed by atoms with Gasteiger partial charge in [0.2, 0.25) is 0 Å². The molecule has 0 radical (unpaired) electrons. The zero-order chi connectivity index (χ0) is 26.9. The molecule has 0 saturated carbocycles. The molecule has 3 aromatic rings. The summed E-state index contributed by atoms with van der Waals surface area (Å²) in [5, 5.41) is 12.2. The largest absolute Gasteiger partial charge is 0.496 e. The highest BCUT2D eigenvalue weighted by atomic mass is 32.2. The molecule has 4 atom stereocenters. The van der Waals surface area contributed by atoms with E-state index in [9.17, 15) is 9.90 Å². The van der Waals surface area contributed by atoms with Crippen molar-refractivity contribution in [1.29, 1.82) is 0 Å². The maximum Gasteiger partial charge on any atom is 0.411 e. The minimum Gasteiger partial charge on any atom is -0.496 e. The third-order valence-corrected chi connectivity index (χ3v) is 7.48. The molecule has 8 heteroatoms. The van der Waals surface area contributed by atoms with E-state index in [0.717, 1.165) is 27.3 Å². The molecule has 2 N–H and O–H groups in total. The number of anilines is 1. The summed E-state index contributed by atoms with van der Waals surface area (Å²) < 4.78 is 23.6. The molecule has 0 unspecified atom stereocenters. The SMILES string of the molecule is C=CCOC(=O)Nc1cccc([C@H]2O[C@@H](CSc3ccccc3OC)[C@@H](C)[C@@H](c3ccc(CO)cc3)O2)c1. The lowest BCUT2D eigenvalue weighted by Gasteiger charge is -2.41. The van der Waals surface area contributed by atoms with E-state index in [4.69, 9.17) is 18.9 Å². The number of amides is 1. The minimum atomic E-state index is -0.650. The highest BCUT2D eigenvalue weighted by molar-refractivity contribution is 7.99. The topological polar surface area (TPSA) is 86.3 Å². The van der Waals surface area contributed by atoms with Crippen molar-refractivity contribution in [3.63, 3.8) is 0 Å². The number of aliphatic hydroxyl groups excluding tert-OH is 1. The Hall–Kier alpha value is -3.30. The number of thioether (sulfide) groups is 1. The zero-order valence-electron chi connectivity index (χ0n) is 21.5. The van der Waals surface area contributed by atoms with Crippen LogP contribution < -0.4 is 10.1 Å². The first-order valence-corrected chi connectivity index (χ1v) is 13.4. The number of para-hydroxylation sites is 1. The number of benzene rings is 3. The van der Waals surface area contributed by atoms with Crippen LogP contribution in [-0.4, -0.2) is 36.8 Å². The van der Waals surface area contributed by atoms with Crippen molar-refractivity contribution in [1.82, 2.24) is 0 Å². The summed E-state index contributed by atoms with van der Waals surface area (Å²) in [7, 11) is 1.67. The molecule has 7 nitrogen and oxygen atoms in total. The van der Waals surface area contributed by atoms with Crippen LogP contribution >= 0.6 is 11.8 Å². The fourth-order valence-electron chi connectivity index (χ4n) is 4.27. The summed E-state index contributed by atoms with van der Waals surface area (Å²) in [6.07, 6.45) is -0.0755. The highest BCUT2D eigenvalue weighted by Crippen LogP contribution is 2.44. The molecule has 200 valence electrons. The molecule has 1 amide bonds. The second kappa shape index (κ2) is 13.5. The molecule has 3 aromatic carbocycles. The van der Waals surface area contributed by atoms with Crippen molar-refractivity contribution in [3.8, 4) is 5.75 Å². The van der Waals surface area contributed by atoms with Crippen molar-refractivity contribution in [2.45, 2.75) is 36.9 Å². The number of rotatable bonds is 10. The van der Waals surface area contributed by atoms with Crippen LogP contribution in [0.15, 0.2) is 90.3 Å². The molecule has 1 heterocycles. The number of aliphatic hydroxyl groups is 1. The molecule has 38 heavy (non-hydrogen) atoms. The van der Waals surface area contributed by atoms with E-state index in [-0.39, 0.29) is 31.3 Å². The van der Waals surface area contributed by atoms with Gasteiger partial charge in [0.15, 0.2) is 6.29 Å².